The van der Waals surface area contributed by atoms with Crippen LogP contribution < -0.4 is 10.1 Å². The first kappa shape index (κ1) is 16.0. The number of nitrogens with one attached hydrogen (secondary N) is 1. The van der Waals surface area contributed by atoms with Crippen molar-refractivity contribution in [2.75, 3.05) is 13.7 Å². The standard InChI is InChI=1S/C19H22N4O2/c1-25-15-6-4-13(5-7-15)9-18-21-10-14-11-23(12-17(14)22-18)19(24)16-3-2-8-20-16/h4-7,10,16,20H,2-3,8-9,11-12H2,1H3/t16-/m1/s1. The molecular formula is C19H22N4O2. The van der Waals surface area contributed by atoms with Gasteiger partial charge in [0.25, 0.3) is 0 Å². The molecule has 0 aliphatic carbocycles. The largest absolute Gasteiger partial charge is 0.497 e. The smallest absolute Gasteiger partial charge is 0.240 e. The number of hydrogen-bond acceptors (Lipinski definition) is 5. The number of carbonyl (C=O) groups is 1. The van der Waals surface area contributed by atoms with Crippen LogP contribution in [0.2, 0.25) is 0 Å². The van der Waals surface area contributed by atoms with E-state index in [1.54, 1.807) is 7.11 Å². The van der Waals surface area contributed by atoms with Crippen molar-refractivity contribution in [2.45, 2.75) is 38.4 Å². The Bertz CT molecular complexity index is 769. The van der Waals surface area contributed by atoms with Crippen molar-refractivity contribution in [3.63, 3.8) is 0 Å². The Kier molecular flexibility index (Phi) is 4.36. The average Bonchev–Trinajstić information content (AvgIpc) is 3.31. The second-order valence-corrected chi connectivity index (χ2v) is 6.63. The molecule has 1 amide bonds. The number of methoxy groups -OCH3 is 1. The van der Waals surface area contributed by atoms with Crippen LogP contribution in [0.3, 0.4) is 0 Å². The lowest BCUT2D eigenvalue weighted by atomic mass is 10.1. The predicted molar refractivity (Wildman–Crippen MR) is 93.1 cm³/mol. The fourth-order valence-corrected chi connectivity index (χ4v) is 3.48. The summed E-state index contributed by atoms with van der Waals surface area (Å²) < 4.78 is 5.18. The maximum Gasteiger partial charge on any atom is 0.240 e. The van der Waals surface area contributed by atoms with E-state index in [2.05, 4.69) is 10.3 Å². The maximum absolute atomic E-state index is 12.6. The lowest BCUT2D eigenvalue weighted by molar-refractivity contribution is -0.133. The number of ether oxygens (including phenoxy) is 1. The van der Waals surface area contributed by atoms with E-state index in [1.807, 2.05) is 35.4 Å². The summed E-state index contributed by atoms with van der Waals surface area (Å²) in [5.41, 5.74) is 3.18. The molecule has 2 aliphatic rings. The molecule has 2 aromatic rings. The van der Waals surface area contributed by atoms with E-state index in [1.165, 1.54) is 0 Å². The van der Waals surface area contributed by atoms with Gasteiger partial charge in [0.15, 0.2) is 0 Å². The Hall–Kier alpha value is -2.47. The molecule has 130 valence electrons. The van der Waals surface area contributed by atoms with E-state index in [9.17, 15) is 4.79 Å². The van der Waals surface area contributed by atoms with E-state index < -0.39 is 0 Å². The van der Waals surface area contributed by atoms with Gasteiger partial charge in [-0.2, -0.15) is 0 Å². The first-order chi connectivity index (χ1) is 12.2. The van der Waals surface area contributed by atoms with E-state index >= 15 is 0 Å². The molecular weight excluding hydrogens is 316 g/mol. The lowest BCUT2D eigenvalue weighted by Gasteiger charge is -2.19. The van der Waals surface area contributed by atoms with Gasteiger partial charge in [0.05, 0.1) is 25.4 Å². The Morgan fingerprint density at radius 2 is 2.16 bits per heavy atom. The zero-order valence-corrected chi connectivity index (χ0v) is 14.4. The number of aromatic nitrogens is 2. The van der Waals surface area contributed by atoms with Gasteiger partial charge >= 0.3 is 0 Å². The van der Waals surface area contributed by atoms with Crippen molar-refractivity contribution >= 4 is 5.91 Å². The van der Waals surface area contributed by atoms with Gasteiger partial charge in [-0.1, -0.05) is 12.1 Å². The van der Waals surface area contributed by atoms with Crippen LogP contribution in [0.4, 0.5) is 0 Å². The zero-order chi connectivity index (χ0) is 17.2. The molecule has 1 fully saturated rings. The van der Waals surface area contributed by atoms with E-state index in [4.69, 9.17) is 9.72 Å². The van der Waals surface area contributed by atoms with Crippen LogP contribution in [0.15, 0.2) is 30.5 Å². The number of benzene rings is 1. The van der Waals surface area contributed by atoms with Gasteiger partial charge in [-0.15, -0.1) is 0 Å². The van der Waals surface area contributed by atoms with E-state index in [0.717, 1.165) is 47.8 Å². The summed E-state index contributed by atoms with van der Waals surface area (Å²) in [6.07, 6.45) is 4.55. The predicted octanol–water partition coefficient (Wildman–Crippen LogP) is 1.67. The molecule has 1 N–H and O–H groups in total. The molecule has 1 aromatic heterocycles. The van der Waals surface area contributed by atoms with Crippen LogP contribution >= 0.6 is 0 Å². The van der Waals surface area contributed by atoms with Crippen LogP contribution in [0.5, 0.6) is 5.75 Å². The highest BCUT2D eigenvalue weighted by Gasteiger charge is 2.31. The van der Waals surface area contributed by atoms with Gasteiger partial charge in [0.2, 0.25) is 5.91 Å². The highest BCUT2D eigenvalue weighted by atomic mass is 16.5. The van der Waals surface area contributed by atoms with E-state index in [0.29, 0.717) is 19.5 Å². The molecule has 2 aliphatic heterocycles. The molecule has 0 bridgehead atoms. The van der Waals surface area contributed by atoms with Gasteiger partial charge in [-0.25, -0.2) is 9.97 Å². The van der Waals surface area contributed by atoms with Gasteiger partial charge in [0, 0.05) is 24.7 Å². The Morgan fingerprint density at radius 3 is 2.88 bits per heavy atom. The molecule has 0 radical (unpaired) electrons. The van der Waals surface area contributed by atoms with Crippen molar-refractivity contribution in [1.29, 1.82) is 0 Å². The first-order valence-corrected chi connectivity index (χ1v) is 8.71. The minimum atomic E-state index is -0.0268. The second kappa shape index (κ2) is 6.80. The highest BCUT2D eigenvalue weighted by Crippen LogP contribution is 2.23. The molecule has 1 aromatic carbocycles. The van der Waals surface area contributed by atoms with Crippen molar-refractivity contribution in [2.24, 2.45) is 0 Å². The summed E-state index contributed by atoms with van der Waals surface area (Å²) in [4.78, 5) is 23.6. The first-order valence-electron chi connectivity index (χ1n) is 8.71. The van der Waals surface area contributed by atoms with Crippen molar-refractivity contribution < 1.29 is 9.53 Å². The Morgan fingerprint density at radius 1 is 1.32 bits per heavy atom. The van der Waals surface area contributed by atoms with Crippen LogP contribution in [-0.2, 0) is 24.3 Å². The maximum atomic E-state index is 12.6. The number of hydrogen-bond donors (Lipinski definition) is 1. The number of rotatable bonds is 4. The van der Waals surface area contributed by atoms with Gasteiger partial charge in [0.1, 0.15) is 11.6 Å². The normalized spacial score (nSPS) is 19.1. The van der Waals surface area contributed by atoms with Crippen LogP contribution in [-0.4, -0.2) is 40.5 Å². The molecule has 0 spiro atoms. The minimum Gasteiger partial charge on any atom is -0.497 e. The van der Waals surface area contributed by atoms with Crippen LogP contribution in [0.25, 0.3) is 0 Å². The topological polar surface area (TPSA) is 67.4 Å². The quantitative estimate of drug-likeness (QED) is 0.918. The Labute approximate surface area is 147 Å². The number of carbonyl (C=O) groups excluding carboxylic acids is 1. The second-order valence-electron chi connectivity index (χ2n) is 6.63. The fourth-order valence-electron chi connectivity index (χ4n) is 3.48. The van der Waals surface area contributed by atoms with Crippen LogP contribution in [0, 0.1) is 0 Å². The molecule has 0 unspecified atom stereocenters. The summed E-state index contributed by atoms with van der Waals surface area (Å²) in [7, 11) is 1.66. The molecule has 0 saturated carbocycles. The highest BCUT2D eigenvalue weighted by molar-refractivity contribution is 5.82. The van der Waals surface area contributed by atoms with Gasteiger partial charge in [-0.05, 0) is 37.1 Å². The molecule has 6 nitrogen and oxygen atoms in total. The number of amides is 1. The fraction of sp³-hybridized carbons (Fsp3) is 0.421. The average molecular weight is 338 g/mol. The van der Waals surface area contributed by atoms with Gasteiger partial charge in [-0.3, -0.25) is 4.79 Å². The molecule has 25 heavy (non-hydrogen) atoms. The molecule has 1 atom stereocenters. The molecule has 6 heteroatoms. The van der Waals surface area contributed by atoms with Crippen molar-refractivity contribution in [3.8, 4) is 5.75 Å². The summed E-state index contributed by atoms with van der Waals surface area (Å²) in [6.45, 7) is 2.14. The zero-order valence-electron chi connectivity index (χ0n) is 14.4. The van der Waals surface area contributed by atoms with Crippen LogP contribution in [0.1, 0.15) is 35.5 Å². The summed E-state index contributed by atoms with van der Waals surface area (Å²) in [5, 5.41) is 3.28. The third-order valence-electron chi connectivity index (χ3n) is 4.90. The molecule has 3 heterocycles. The van der Waals surface area contributed by atoms with Crippen molar-refractivity contribution in [1.82, 2.24) is 20.2 Å². The third-order valence-corrected chi connectivity index (χ3v) is 4.90. The van der Waals surface area contributed by atoms with Gasteiger partial charge < -0.3 is 15.0 Å². The monoisotopic (exact) mass is 338 g/mol. The Balaban J connectivity index is 1.45. The van der Waals surface area contributed by atoms with Crippen molar-refractivity contribution in [3.05, 3.63) is 53.1 Å². The van der Waals surface area contributed by atoms with E-state index in [-0.39, 0.29) is 11.9 Å². The molecule has 1 saturated heterocycles. The summed E-state index contributed by atoms with van der Waals surface area (Å²) >= 11 is 0. The summed E-state index contributed by atoms with van der Waals surface area (Å²) in [6, 6.07) is 7.91. The third kappa shape index (κ3) is 3.35. The number of nitrogens with zero attached hydrogens (tertiary/aromatic N) is 3. The number of fused-ring (bicyclic) bond motifs is 1. The minimum absolute atomic E-state index is 0.0268. The summed E-state index contributed by atoms with van der Waals surface area (Å²) in [5.74, 6) is 1.82. The lowest BCUT2D eigenvalue weighted by Crippen LogP contribution is -2.40. The SMILES string of the molecule is COc1ccc(Cc2ncc3c(n2)CN(C(=O)[C@H]2CCCN2)C3)cc1. The molecule has 4 rings (SSSR count).